The standard InChI is InChI=1S/C17H27NO2/c1-4-5-12-18-17(19)11-8-13-20-16-10-7-6-9-15(16)14(2)3/h6-7,9-10,14H,4-5,8,11-13H2,1-3H3,(H,18,19). The number of rotatable bonds is 9. The van der Waals surface area contributed by atoms with E-state index in [1.165, 1.54) is 5.56 Å². The lowest BCUT2D eigenvalue weighted by Gasteiger charge is -2.13. The van der Waals surface area contributed by atoms with Crippen LogP contribution < -0.4 is 10.1 Å². The average Bonchev–Trinajstić information content (AvgIpc) is 2.44. The van der Waals surface area contributed by atoms with Crippen molar-refractivity contribution in [3.8, 4) is 5.75 Å². The summed E-state index contributed by atoms with van der Waals surface area (Å²) in [5, 5.41) is 2.92. The van der Waals surface area contributed by atoms with Crippen molar-refractivity contribution in [1.82, 2.24) is 5.32 Å². The largest absolute Gasteiger partial charge is 0.493 e. The van der Waals surface area contributed by atoms with Gasteiger partial charge >= 0.3 is 0 Å². The summed E-state index contributed by atoms with van der Waals surface area (Å²) in [4.78, 5) is 11.5. The van der Waals surface area contributed by atoms with Crippen molar-refractivity contribution in [2.24, 2.45) is 0 Å². The topological polar surface area (TPSA) is 38.3 Å². The Labute approximate surface area is 122 Å². The van der Waals surface area contributed by atoms with Gasteiger partial charge in [0, 0.05) is 13.0 Å². The normalized spacial score (nSPS) is 10.6. The lowest BCUT2D eigenvalue weighted by Crippen LogP contribution is -2.24. The third-order valence-electron chi connectivity index (χ3n) is 3.20. The zero-order valence-electron chi connectivity index (χ0n) is 12.9. The van der Waals surface area contributed by atoms with Crippen molar-refractivity contribution < 1.29 is 9.53 Å². The molecule has 0 spiro atoms. The van der Waals surface area contributed by atoms with Crippen molar-refractivity contribution in [3.63, 3.8) is 0 Å². The van der Waals surface area contributed by atoms with Crippen LogP contribution in [-0.2, 0) is 4.79 Å². The summed E-state index contributed by atoms with van der Waals surface area (Å²) in [6.45, 7) is 7.80. The van der Waals surface area contributed by atoms with E-state index in [4.69, 9.17) is 4.74 Å². The Morgan fingerprint density at radius 2 is 2.00 bits per heavy atom. The summed E-state index contributed by atoms with van der Waals surface area (Å²) < 4.78 is 5.79. The highest BCUT2D eigenvalue weighted by molar-refractivity contribution is 5.75. The first-order chi connectivity index (χ1) is 9.65. The maximum atomic E-state index is 11.5. The van der Waals surface area contributed by atoms with Gasteiger partial charge in [0.1, 0.15) is 5.75 Å². The van der Waals surface area contributed by atoms with Crippen LogP contribution in [0.1, 0.15) is 57.9 Å². The first-order valence-corrected chi connectivity index (χ1v) is 7.63. The molecule has 112 valence electrons. The van der Waals surface area contributed by atoms with Crippen molar-refractivity contribution in [2.45, 2.75) is 52.4 Å². The zero-order chi connectivity index (χ0) is 14.8. The predicted molar refractivity (Wildman–Crippen MR) is 83.2 cm³/mol. The zero-order valence-corrected chi connectivity index (χ0v) is 12.9. The highest BCUT2D eigenvalue weighted by Crippen LogP contribution is 2.25. The maximum absolute atomic E-state index is 11.5. The number of para-hydroxylation sites is 1. The quantitative estimate of drug-likeness (QED) is 0.695. The lowest BCUT2D eigenvalue weighted by molar-refractivity contribution is -0.121. The van der Waals surface area contributed by atoms with Crippen molar-refractivity contribution in [1.29, 1.82) is 0 Å². The highest BCUT2D eigenvalue weighted by Gasteiger charge is 2.07. The van der Waals surface area contributed by atoms with Crippen molar-refractivity contribution in [2.75, 3.05) is 13.2 Å². The number of ether oxygens (including phenoxy) is 1. The summed E-state index contributed by atoms with van der Waals surface area (Å²) in [7, 11) is 0. The molecule has 0 aliphatic carbocycles. The third-order valence-corrected chi connectivity index (χ3v) is 3.20. The molecule has 0 aliphatic rings. The van der Waals surface area contributed by atoms with Gasteiger partial charge < -0.3 is 10.1 Å². The summed E-state index contributed by atoms with van der Waals surface area (Å²) in [5.41, 5.74) is 1.22. The van der Waals surface area contributed by atoms with Crippen molar-refractivity contribution in [3.05, 3.63) is 29.8 Å². The van der Waals surface area contributed by atoms with E-state index in [1.807, 2.05) is 18.2 Å². The van der Waals surface area contributed by atoms with Gasteiger partial charge in [0.25, 0.3) is 0 Å². The Morgan fingerprint density at radius 3 is 2.70 bits per heavy atom. The molecule has 0 heterocycles. The molecule has 1 N–H and O–H groups in total. The predicted octanol–water partition coefficient (Wildman–Crippen LogP) is 3.89. The van der Waals surface area contributed by atoms with Crippen LogP contribution in [0.5, 0.6) is 5.75 Å². The Morgan fingerprint density at radius 1 is 1.25 bits per heavy atom. The molecule has 1 aromatic rings. The minimum atomic E-state index is 0.124. The maximum Gasteiger partial charge on any atom is 0.220 e. The Kier molecular flexibility index (Phi) is 7.78. The molecule has 0 bridgehead atoms. The molecule has 0 unspecified atom stereocenters. The molecule has 0 aliphatic heterocycles. The number of hydrogen-bond donors (Lipinski definition) is 1. The van der Waals surface area contributed by atoms with Crippen LogP contribution in [0.15, 0.2) is 24.3 Å². The molecule has 0 fully saturated rings. The fourth-order valence-corrected chi connectivity index (χ4v) is 2.00. The number of nitrogens with one attached hydrogen (secondary N) is 1. The average molecular weight is 277 g/mol. The SMILES string of the molecule is CCCCNC(=O)CCCOc1ccccc1C(C)C. The second-order valence-corrected chi connectivity index (χ2v) is 5.35. The van der Waals surface area contributed by atoms with E-state index < -0.39 is 0 Å². The van der Waals surface area contributed by atoms with E-state index in [-0.39, 0.29) is 5.91 Å². The van der Waals surface area contributed by atoms with E-state index in [9.17, 15) is 4.79 Å². The number of hydrogen-bond acceptors (Lipinski definition) is 2. The molecule has 20 heavy (non-hydrogen) atoms. The van der Waals surface area contributed by atoms with Gasteiger partial charge in [-0.25, -0.2) is 0 Å². The highest BCUT2D eigenvalue weighted by atomic mass is 16.5. The van der Waals surface area contributed by atoms with E-state index >= 15 is 0 Å². The van der Waals surface area contributed by atoms with Crippen molar-refractivity contribution >= 4 is 5.91 Å². The summed E-state index contributed by atoms with van der Waals surface area (Å²) in [6.07, 6.45) is 3.44. The smallest absolute Gasteiger partial charge is 0.220 e. The number of benzene rings is 1. The number of carbonyl (C=O) groups excluding carboxylic acids is 1. The van der Waals surface area contributed by atoms with Gasteiger partial charge in [-0.1, -0.05) is 45.4 Å². The van der Waals surface area contributed by atoms with Crippen LogP contribution in [0.3, 0.4) is 0 Å². The molecular weight excluding hydrogens is 250 g/mol. The molecule has 3 nitrogen and oxygen atoms in total. The van der Waals surface area contributed by atoms with E-state index in [0.717, 1.165) is 31.6 Å². The molecule has 0 saturated heterocycles. The molecular formula is C17H27NO2. The second kappa shape index (κ2) is 9.40. The first kappa shape index (κ1) is 16.5. The van der Waals surface area contributed by atoms with Crippen LogP contribution in [0, 0.1) is 0 Å². The monoisotopic (exact) mass is 277 g/mol. The molecule has 0 aromatic heterocycles. The van der Waals surface area contributed by atoms with Gasteiger partial charge in [0.05, 0.1) is 6.61 Å². The molecule has 3 heteroatoms. The third kappa shape index (κ3) is 6.09. The number of unbranched alkanes of at least 4 members (excludes halogenated alkanes) is 1. The minimum absolute atomic E-state index is 0.124. The van der Waals surface area contributed by atoms with Crippen LogP contribution >= 0.6 is 0 Å². The van der Waals surface area contributed by atoms with Gasteiger partial charge in [0.15, 0.2) is 0 Å². The molecule has 0 radical (unpaired) electrons. The first-order valence-electron chi connectivity index (χ1n) is 7.63. The fraction of sp³-hybridized carbons (Fsp3) is 0.588. The van der Waals surface area contributed by atoms with Crippen LogP contribution in [0.2, 0.25) is 0 Å². The van der Waals surface area contributed by atoms with Crippen LogP contribution in [-0.4, -0.2) is 19.1 Å². The van der Waals surface area contributed by atoms with Gasteiger partial charge in [-0.2, -0.15) is 0 Å². The van der Waals surface area contributed by atoms with E-state index in [1.54, 1.807) is 0 Å². The van der Waals surface area contributed by atoms with E-state index in [2.05, 4.69) is 32.2 Å². The Hall–Kier alpha value is -1.51. The molecule has 1 aromatic carbocycles. The van der Waals surface area contributed by atoms with Gasteiger partial charge in [-0.15, -0.1) is 0 Å². The van der Waals surface area contributed by atoms with Gasteiger partial charge in [0.2, 0.25) is 5.91 Å². The number of carbonyl (C=O) groups is 1. The molecule has 0 saturated carbocycles. The van der Waals surface area contributed by atoms with E-state index in [0.29, 0.717) is 18.9 Å². The molecule has 1 amide bonds. The fourth-order valence-electron chi connectivity index (χ4n) is 2.00. The molecule has 1 rings (SSSR count). The molecule has 0 atom stereocenters. The minimum Gasteiger partial charge on any atom is -0.493 e. The second-order valence-electron chi connectivity index (χ2n) is 5.35. The summed E-state index contributed by atoms with van der Waals surface area (Å²) in [5.74, 6) is 1.51. The number of amides is 1. The summed E-state index contributed by atoms with van der Waals surface area (Å²) in [6, 6.07) is 8.11. The summed E-state index contributed by atoms with van der Waals surface area (Å²) >= 11 is 0. The van der Waals surface area contributed by atoms with Crippen LogP contribution in [0.25, 0.3) is 0 Å². The lowest BCUT2D eigenvalue weighted by atomic mass is 10.0. The van der Waals surface area contributed by atoms with Gasteiger partial charge in [-0.05, 0) is 30.4 Å². The Bertz CT molecular complexity index is 402. The van der Waals surface area contributed by atoms with Crippen LogP contribution in [0.4, 0.5) is 0 Å². The Balaban J connectivity index is 2.26. The van der Waals surface area contributed by atoms with Gasteiger partial charge in [-0.3, -0.25) is 4.79 Å².